The van der Waals surface area contributed by atoms with E-state index in [2.05, 4.69) is 25.9 Å². The molecule has 0 spiro atoms. The number of ether oxygens (including phenoxy) is 6. The van der Waals surface area contributed by atoms with Crippen molar-refractivity contribution < 1.29 is 57.5 Å². The molecule has 4 heterocycles. The Labute approximate surface area is 406 Å². The average Bonchev–Trinajstić information content (AvgIpc) is 3.64. The minimum atomic E-state index is -1.76. The summed E-state index contributed by atoms with van der Waals surface area (Å²) in [5.74, 6) is -4.37. The fourth-order valence-electron chi connectivity index (χ4n) is 10.8. The summed E-state index contributed by atoms with van der Waals surface area (Å²) in [6.45, 7) is 13.6. The first kappa shape index (κ1) is 53.2. The fraction of sp³-hybridized carbons (Fsp3) is 0.667. The number of hydrogen-bond donors (Lipinski definition) is 4. The number of nitrogens with zero attached hydrogens (tertiary/aromatic N) is 3. The molecule has 0 unspecified atom stereocenters. The second-order valence-electron chi connectivity index (χ2n) is 20.1. The van der Waals surface area contributed by atoms with Crippen LogP contribution in [0, 0.1) is 23.7 Å². The molecular weight excluding hydrogens is 889 g/mol. The van der Waals surface area contributed by atoms with E-state index in [9.17, 15) is 29.1 Å². The van der Waals surface area contributed by atoms with Crippen LogP contribution in [0.1, 0.15) is 112 Å². The molecular formula is C51H74N6O12. The summed E-state index contributed by atoms with van der Waals surface area (Å²) in [6, 6.07) is 7.90. The number of alkyl carbamates (subject to hydrolysis) is 3. The molecule has 0 bridgehead atoms. The van der Waals surface area contributed by atoms with Crippen LogP contribution in [0.2, 0.25) is 0 Å². The molecule has 69 heavy (non-hydrogen) atoms. The molecule has 1 aromatic heterocycles. The highest BCUT2D eigenvalue weighted by Gasteiger charge is 2.58. The fourth-order valence-corrected chi connectivity index (χ4v) is 10.8. The number of rotatable bonds is 11. The molecule has 1 saturated carbocycles. The lowest BCUT2D eigenvalue weighted by molar-refractivity contribution is -0.298. The highest BCUT2D eigenvalue weighted by molar-refractivity contribution is 5.85. The molecule has 1 aliphatic carbocycles. The maximum atomic E-state index is 14.8. The van der Waals surface area contributed by atoms with E-state index in [1.165, 1.54) is 0 Å². The highest BCUT2D eigenvalue weighted by Crippen LogP contribution is 2.42. The van der Waals surface area contributed by atoms with Gasteiger partial charge in [0.15, 0.2) is 17.7 Å². The Morgan fingerprint density at radius 2 is 1.65 bits per heavy atom. The number of carbonyl (C=O) groups excluding carboxylic acids is 5. The number of ketones is 1. The summed E-state index contributed by atoms with van der Waals surface area (Å²) in [7, 11) is 3.69. The third kappa shape index (κ3) is 12.8. The van der Waals surface area contributed by atoms with Crippen molar-refractivity contribution in [2.24, 2.45) is 23.7 Å². The van der Waals surface area contributed by atoms with Gasteiger partial charge in [-0.2, -0.15) is 0 Å². The van der Waals surface area contributed by atoms with E-state index in [-0.39, 0.29) is 37.3 Å². The molecule has 6 rings (SSSR count). The van der Waals surface area contributed by atoms with Crippen LogP contribution in [0.5, 0.6) is 0 Å². The maximum absolute atomic E-state index is 14.8. The summed E-state index contributed by atoms with van der Waals surface area (Å²) in [5, 5.41) is 20.5. The smallest absolute Gasteiger partial charge is 0.408 e. The van der Waals surface area contributed by atoms with Gasteiger partial charge in [0.1, 0.15) is 35.8 Å². The standard InChI is InChI=1S/C51H74N6O12/c1-11-38-51(8)42(56-49(63)69-51)31(4)39(58)29(2)28-50(7,68-47(61)54-24-15-17-34-20-22-35(23-21-34)44-52-25-16-26-53-44)43(67-46-40(59)37(57(9)10)27-30(3)64-46)32(5)41(33(6)45(60)65-38)66-48(62)55-36-18-13-12-14-19-36/h15-17,20-23,25-26,29-33,36-38,40-43,46,59H,11-14,18-19,24,27-28H2,1-10H3,(H,54,61)(H,55,62)(H,56,63)/b17-15+/t29-,30-,31+,32+,33-,37+,38-,40-,41+,42-,43-,46+,50-,51-/m1/s1. The van der Waals surface area contributed by atoms with Crippen LogP contribution in [0.25, 0.3) is 17.5 Å². The first-order valence-electron chi connectivity index (χ1n) is 24.6. The van der Waals surface area contributed by atoms with Crippen molar-refractivity contribution in [3.63, 3.8) is 0 Å². The van der Waals surface area contributed by atoms with Crippen molar-refractivity contribution in [2.75, 3.05) is 20.6 Å². The molecule has 4 N–H and O–H groups in total. The van der Waals surface area contributed by atoms with E-state index in [1.54, 1.807) is 73.0 Å². The van der Waals surface area contributed by atoms with Crippen LogP contribution < -0.4 is 16.0 Å². The number of amides is 3. The lowest BCUT2D eigenvalue weighted by Gasteiger charge is -2.48. The summed E-state index contributed by atoms with van der Waals surface area (Å²) >= 11 is 0. The van der Waals surface area contributed by atoms with Crippen LogP contribution in [0.3, 0.4) is 0 Å². The zero-order valence-electron chi connectivity index (χ0n) is 41.8. The lowest BCUT2D eigenvalue weighted by Crippen LogP contribution is -2.61. The van der Waals surface area contributed by atoms with Crippen molar-refractivity contribution in [3.8, 4) is 11.4 Å². The summed E-state index contributed by atoms with van der Waals surface area (Å²) in [5.41, 5.74) is -1.51. The van der Waals surface area contributed by atoms with Crippen LogP contribution in [0.4, 0.5) is 14.4 Å². The van der Waals surface area contributed by atoms with Crippen molar-refractivity contribution in [1.29, 1.82) is 0 Å². The third-order valence-electron chi connectivity index (χ3n) is 14.5. The number of hydrogen-bond acceptors (Lipinski definition) is 15. The van der Waals surface area contributed by atoms with Gasteiger partial charge in [0, 0.05) is 54.3 Å². The molecule has 380 valence electrons. The predicted octanol–water partition coefficient (Wildman–Crippen LogP) is 6.59. The predicted molar refractivity (Wildman–Crippen MR) is 255 cm³/mol. The van der Waals surface area contributed by atoms with Gasteiger partial charge in [0.2, 0.25) is 0 Å². The number of fused-ring (bicyclic) bond motifs is 1. The van der Waals surface area contributed by atoms with Gasteiger partial charge in [-0.25, -0.2) is 24.4 Å². The molecule has 3 aliphatic heterocycles. The van der Waals surface area contributed by atoms with Gasteiger partial charge in [-0.3, -0.25) is 9.59 Å². The molecule has 3 amide bonds. The second kappa shape index (κ2) is 23.2. The molecule has 4 fully saturated rings. The van der Waals surface area contributed by atoms with Gasteiger partial charge in [0.25, 0.3) is 0 Å². The molecule has 3 saturated heterocycles. The Morgan fingerprint density at radius 1 is 0.971 bits per heavy atom. The number of carbonyl (C=O) groups is 5. The molecule has 4 aliphatic rings. The number of aromatic nitrogens is 2. The van der Waals surface area contributed by atoms with Gasteiger partial charge in [-0.05, 0) is 85.5 Å². The Bertz CT molecular complexity index is 2110. The SMILES string of the molecule is CC[C@H]1OC(=O)[C@H](C)[C@@H](OC(=O)NC2CCCCC2)[C@H](C)[C@@H](O[C@@H]2O[C@H](C)C[C@H](N(C)C)[C@H]2O)[C@](C)(OC(=O)NC/C=C/c2ccc(-c3ncccn3)cc2)C[C@@H](C)C(=O)[C@H](C)[C@H]2NC(=O)O[C@@]21C. The normalized spacial score (nSPS) is 35.0. The van der Waals surface area contributed by atoms with Crippen LogP contribution in [-0.2, 0) is 38.0 Å². The molecule has 14 atom stereocenters. The van der Waals surface area contributed by atoms with E-state index in [0.717, 1.165) is 43.2 Å². The molecule has 0 radical (unpaired) electrons. The number of nitrogens with one attached hydrogen (secondary N) is 3. The summed E-state index contributed by atoms with van der Waals surface area (Å²) < 4.78 is 38.1. The maximum Gasteiger partial charge on any atom is 0.408 e. The Morgan fingerprint density at radius 3 is 2.30 bits per heavy atom. The van der Waals surface area contributed by atoms with Crippen LogP contribution >= 0.6 is 0 Å². The number of aliphatic hydroxyl groups is 1. The van der Waals surface area contributed by atoms with Crippen molar-refractivity contribution in [1.82, 2.24) is 30.8 Å². The number of likely N-dealkylation sites (N-methyl/N-ethyl adjacent to an activating group) is 1. The van der Waals surface area contributed by atoms with Gasteiger partial charge in [-0.15, -0.1) is 0 Å². The van der Waals surface area contributed by atoms with Crippen molar-refractivity contribution in [3.05, 3.63) is 54.4 Å². The number of esters is 1. The number of Topliss-reactive ketones (excluding diaryl/α,β-unsaturated/α-hetero) is 1. The molecule has 18 nitrogen and oxygen atoms in total. The van der Waals surface area contributed by atoms with E-state index in [0.29, 0.717) is 12.2 Å². The largest absolute Gasteiger partial charge is 0.458 e. The van der Waals surface area contributed by atoms with Gasteiger partial charge < -0.3 is 54.4 Å². The number of aliphatic hydroxyl groups excluding tert-OH is 1. The summed E-state index contributed by atoms with van der Waals surface area (Å²) in [6.07, 6.45) is 3.13. The zero-order valence-corrected chi connectivity index (χ0v) is 41.8. The number of benzene rings is 1. The minimum absolute atomic E-state index is 0.0477. The first-order valence-corrected chi connectivity index (χ1v) is 24.6. The van der Waals surface area contributed by atoms with E-state index in [4.69, 9.17) is 28.4 Å². The summed E-state index contributed by atoms with van der Waals surface area (Å²) in [4.78, 5) is 81.1. The highest BCUT2D eigenvalue weighted by atomic mass is 16.7. The van der Waals surface area contributed by atoms with E-state index < -0.39 is 102 Å². The molecule has 18 heteroatoms. The topological polar surface area (TPSA) is 226 Å². The minimum Gasteiger partial charge on any atom is -0.458 e. The second-order valence-corrected chi connectivity index (χ2v) is 20.1. The first-order chi connectivity index (χ1) is 32.7. The Balaban J connectivity index is 1.39. The van der Waals surface area contributed by atoms with E-state index in [1.807, 2.05) is 56.3 Å². The van der Waals surface area contributed by atoms with Gasteiger partial charge in [0.05, 0.1) is 18.1 Å². The lowest BCUT2D eigenvalue weighted by atomic mass is 9.73. The average molecular weight is 963 g/mol. The Kier molecular flexibility index (Phi) is 17.9. The van der Waals surface area contributed by atoms with E-state index >= 15 is 0 Å². The zero-order chi connectivity index (χ0) is 50.2. The van der Waals surface area contributed by atoms with Crippen molar-refractivity contribution >= 4 is 36.1 Å². The quantitative estimate of drug-likeness (QED) is 0.138. The van der Waals surface area contributed by atoms with Gasteiger partial charge >= 0.3 is 24.2 Å². The van der Waals surface area contributed by atoms with Gasteiger partial charge in [-0.1, -0.05) is 83.4 Å². The molecule has 1 aromatic carbocycles. The van der Waals surface area contributed by atoms with Crippen LogP contribution in [0.15, 0.2) is 48.8 Å². The monoisotopic (exact) mass is 963 g/mol. The van der Waals surface area contributed by atoms with Crippen LogP contribution in [-0.4, -0.2) is 137 Å². The Hall–Kier alpha value is -5.17. The molecule has 2 aromatic rings. The van der Waals surface area contributed by atoms with Crippen molar-refractivity contribution in [2.45, 2.75) is 173 Å². The third-order valence-corrected chi connectivity index (χ3v) is 14.5. The number of cyclic esters (lactones) is 1.